The highest BCUT2D eigenvalue weighted by atomic mass is 15.2. The Kier molecular flexibility index (Phi) is 3.42. The van der Waals surface area contributed by atoms with Gasteiger partial charge in [0.05, 0.1) is 11.2 Å². The summed E-state index contributed by atoms with van der Waals surface area (Å²) in [5.74, 6) is 0.822. The summed E-state index contributed by atoms with van der Waals surface area (Å²) >= 11 is 0. The highest BCUT2D eigenvalue weighted by molar-refractivity contribution is 6.14. The zero-order valence-electron chi connectivity index (χ0n) is 13.9. The monoisotopic (exact) mass is 337 g/mol. The van der Waals surface area contributed by atoms with Crippen LogP contribution in [0.3, 0.4) is 0 Å². The van der Waals surface area contributed by atoms with Crippen molar-refractivity contribution in [3.63, 3.8) is 0 Å². The Bertz CT molecular complexity index is 1180. The summed E-state index contributed by atoms with van der Waals surface area (Å²) in [4.78, 5) is 9.21. The third-order valence-corrected chi connectivity index (χ3v) is 4.51. The number of benzene rings is 2. The fraction of sp³-hybridized carbons (Fsp3) is 0.0476. The third kappa shape index (κ3) is 2.50. The lowest BCUT2D eigenvalue weighted by Gasteiger charge is -2.12. The van der Waals surface area contributed by atoms with Gasteiger partial charge in [0.2, 0.25) is 0 Å². The second kappa shape index (κ2) is 6.04. The Morgan fingerprint density at radius 3 is 2.65 bits per heavy atom. The molecule has 1 aliphatic rings. The molecule has 26 heavy (non-hydrogen) atoms. The molecule has 0 saturated heterocycles. The van der Waals surface area contributed by atoms with E-state index >= 15 is 0 Å². The normalized spacial score (nSPS) is 13.3. The number of anilines is 2. The maximum absolute atomic E-state index is 4.90. The van der Waals surface area contributed by atoms with Crippen LogP contribution in [0.15, 0.2) is 77.2 Å². The molecule has 0 radical (unpaired) electrons. The fourth-order valence-corrected chi connectivity index (χ4v) is 3.24. The Morgan fingerprint density at radius 1 is 0.885 bits per heavy atom. The lowest BCUT2D eigenvalue weighted by molar-refractivity contribution is 1.28. The van der Waals surface area contributed by atoms with Gasteiger partial charge in [0.1, 0.15) is 5.82 Å². The molecule has 2 aromatic heterocycles. The maximum Gasteiger partial charge on any atom is 0.139 e. The average molecular weight is 337 g/mol. The lowest BCUT2D eigenvalue weighted by atomic mass is 10.0. The molecule has 0 spiro atoms. The SMILES string of the molecule is C1=NN=C(c2ccc3c(c2)nc(Nc2ccccc2)c2ccncc23)C1. The first-order valence-corrected chi connectivity index (χ1v) is 8.47. The van der Waals surface area contributed by atoms with E-state index in [-0.39, 0.29) is 0 Å². The van der Waals surface area contributed by atoms with Crippen LogP contribution < -0.4 is 5.32 Å². The van der Waals surface area contributed by atoms with E-state index < -0.39 is 0 Å². The smallest absolute Gasteiger partial charge is 0.139 e. The molecule has 5 heteroatoms. The average Bonchev–Trinajstić information content (AvgIpc) is 3.23. The van der Waals surface area contributed by atoms with Crippen LogP contribution in [-0.4, -0.2) is 21.9 Å². The van der Waals surface area contributed by atoms with Crippen molar-refractivity contribution in [1.82, 2.24) is 9.97 Å². The summed E-state index contributed by atoms with van der Waals surface area (Å²) < 4.78 is 0. The molecule has 5 rings (SSSR count). The topological polar surface area (TPSA) is 62.5 Å². The molecule has 0 amide bonds. The summed E-state index contributed by atoms with van der Waals surface area (Å²) in [5.41, 5.74) is 3.94. The van der Waals surface area contributed by atoms with Gasteiger partial charge in [-0.05, 0) is 24.3 Å². The summed E-state index contributed by atoms with van der Waals surface area (Å²) in [7, 11) is 0. The third-order valence-electron chi connectivity index (χ3n) is 4.51. The molecule has 3 heterocycles. The van der Waals surface area contributed by atoms with Crippen LogP contribution in [0.1, 0.15) is 12.0 Å². The highest BCUT2D eigenvalue weighted by Crippen LogP contribution is 2.31. The predicted octanol–water partition coefficient (Wildman–Crippen LogP) is 4.71. The number of nitrogens with one attached hydrogen (secondary N) is 1. The molecule has 0 bridgehead atoms. The fourth-order valence-electron chi connectivity index (χ4n) is 3.24. The molecule has 1 aliphatic heterocycles. The molecule has 0 atom stereocenters. The van der Waals surface area contributed by atoms with Gasteiger partial charge in [-0.2, -0.15) is 10.2 Å². The van der Waals surface area contributed by atoms with Gasteiger partial charge >= 0.3 is 0 Å². The first-order chi connectivity index (χ1) is 12.9. The number of pyridine rings is 2. The van der Waals surface area contributed by atoms with E-state index in [1.54, 1.807) is 6.20 Å². The van der Waals surface area contributed by atoms with E-state index in [1.165, 1.54) is 0 Å². The molecule has 124 valence electrons. The predicted molar refractivity (Wildman–Crippen MR) is 106 cm³/mol. The molecule has 0 aliphatic carbocycles. The number of hydrogen-bond acceptors (Lipinski definition) is 5. The van der Waals surface area contributed by atoms with Gasteiger partial charge in [0.25, 0.3) is 0 Å². The van der Waals surface area contributed by atoms with E-state index in [2.05, 4.69) is 38.7 Å². The van der Waals surface area contributed by atoms with E-state index in [1.807, 2.05) is 48.8 Å². The van der Waals surface area contributed by atoms with Gasteiger partial charge in [-0.25, -0.2) is 4.98 Å². The van der Waals surface area contributed by atoms with Crippen molar-refractivity contribution in [2.75, 3.05) is 5.32 Å². The number of nitrogens with zero attached hydrogens (tertiary/aromatic N) is 4. The van der Waals surface area contributed by atoms with Crippen molar-refractivity contribution in [3.8, 4) is 0 Å². The van der Waals surface area contributed by atoms with Crippen LogP contribution in [0.5, 0.6) is 0 Å². The van der Waals surface area contributed by atoms with E-state index in [4.69, 9.17) is 4.98 Å². The van der Waals surface area contributed by atoms with Crippen LogP contribution >= 0.6 is 0 Å². The number of aromatic nitrogens is 2. The Balaban J connectivity index is 1.71. The van der Waals surface area contributed by atoms with E-state index in [9.17, 15) is 0 Å². The largest absolute Gasteiger partial charge is 0.340 e. The van der Waals surface area contributed by atoms with Crippen LogP contribution in [-0.2, 0) is 0 Å². The number of fused-ring (bicyclic) bond motifs is 3. The number of para-hydroxylation sites is 1. The van der Waals surface area contributed by atoms with Crippen molar-refractivity contribution in [2.24, 2.45) is 10.2 Å². The summed E-state index contributed by atoms with van der Waals surface area (Å²) in [5, 5.41) is 14.8. The number of rotatable bonds is 3. The Hall–Kier alpha value is -3.60. The molecule has 2 aromatic carbocycles. The molecule has 5 nitrogen and oxygen atoms in total. The van der Waals surface area contributed by atoms with Crippen molar-refractivity contribution in [3.05, 3.63) is 72.6 Å². The maximum atomic E-state index is 4.90. The van der Waals surface area contributed by atoms with Crippen LogP contribution in [0.2, 0.25) is 0 Å². The van der Waals surface area contributed by atoms with Crippen molar-refractivity contribution >= 4 is 45.1 Å². The van der Waals surface area contributed by atoms with Gasteiger partial charge in [0, 0.05) is 52.4 Å². The van der Waals surface area contributed by atoms with Crippen molar-refractivity contribution < 1.29 is 0 Å². The van der Waals surface area contributed by atoms with Crippen LogP contribution in [0, 0.1) is 0 Å². The van der Waals surface area contributed by atoms with Crippen LogP contribution in [0.25, 0.3) is 21.7 Å². The minimum atomic E-state index is 0.760. The summed E-state index contributed by atoms with van der Waals surface area (Å²) in [6.45, 7) is 0. The Labute approximate surface area is 150 Å². The van der Waals surface area contributed by atoms with E-state index in [0.717, 1.165) is 50.9 Å². The molecular formula is C21H15N5. The molecular weight excluding hydrogens is 322 g/mol. The lowest BCUT2D eigenvalue weighted by Crippen LogP contribution is -2.00. The van der Waals surface area contributed by atoms with Gasteiger partial charge in [-0.1, -0.05) is 30.3 Å². The first kappa shape index (κ1) is 14.7. The number of hydrogen-bond donors (Lipinski definition) is 1. The Morgan fingerprint density at radius 2 is 1.81 bits per heavy atom. The minimum Gasteiger partial charge on any atom is -0.340 e. The highest BCUT2D eigenvalue weighted by Gasteiger charge is 2.12. The second-order valence-corrected chi connectivity index (χ2v) is 6.15. The van der Waals surface area contributed by atoms with Crippen molar-refractivity contribution in [1.29, 1.82) is 0 Å². The zero-order valence-corrected chi connectivity index (χ0v) is 13.9. The van der Waals surface area contributed by atoms with Gasteiger partial charge in [-0.3, -0.25) is 4.98 Å². The van der Waals surface area contributed by atoms with Gasteiger partial charge < -0.3 is 5.32 Å². The van der Waals surface area contributed by atoms with Crippen molar-refractivity contribution in [2.45, 2.75) is 6.42 Å². The van der Waals surface area contributed by atoms with Gasteiger partial charge in [0.15, 0.2) is 0 Å². The molecule has 0 unspecified atom stereocenters. The second-order valence-electron chi connectivity index (χ2n) is 6.15. The van der Waals surface area contributed by atoms with Gasteiger partial charge in [-0.15, -0.1) is 0 Å². The minimum absolute atomic E-state index is 0.760. The quantitative estimate of drug-likeness (QED) is 0.551. The van der Waals surface area contributed by atoms with E-state index in [0.29, 0.717) is 0 Å². The summed E-state index contributed by atoms with van der Waals surface area (Å²) in [6.07, 6.45) is 6.27. The molecule has 4 aromatic rings. The standard InChI is InChI=1S/C21H15N5/c1-2-4-15(5-3-1)24-21-17-8-10-22-13-18(17)16-7-6-14(12-20(16)25-21)19-9-11-23-26-19/h1-8,10-13H,9H2,(H,24,25). The van der Waals surface area contributed by atoms with Crippen LogP contribution in [0.4, 0.5) is 11.5 Å². The molecule has 0 fully saturated rings. The molecule has 1 N–H and O–H groups in total. The zero-order chi connectivity index (χ0) is 17.3. The first-order valence-electron chi connectivity index (χ1n) is 8.47. The summed E-state index contributed by atoms with van der Waals surface area (Å²) in [6, 6.07) is 18.3. The molecule has 0 saturated carbocycles.